The lowest BCUT2D eigenvalue weighted by Gasteiger charge is -2.45. The van der Waals surface area contributed by atoms with E-state index >= 15 is 0 Å². The lowest BCUT2D eigenvalue weighted by molar-refractivity contribution is 0.162. The summed E-state index contributed by atoms with van der Waals surface area (Å²) in [5, 5.41) is 0. The van der Waals surface area contributed by atoms with Gasteiger partial charge >= 0.3 is 7.60 Å². The van der Waals surface area contributed by atoms with Gasteiger partial charge in [0.25, 0.3) is 0 Å². The van der Waals surface area contributed by atoms with Crippen molar-refractivity contribution < 1.29 is 13.6 Å². The zero-order chi connectivity index (χ0) is 12.5. The Morgan fingerprint density at radius 3 is 2.06 bits per heavy atom. The average Bonchev–Trinajstić information content (AvgIpc) is 2.30. The molecule has 0 spiro atoms. The van der Waals surface area contributed by atoms with Crippen molar-refractivity contribution in [2.75, 3.05) is 13.2 Å². The summed E-state index contributed by atoms with van der Waals surface area (Å²) in [5.74, 6) is 1.33. The molecule has 4 atom stereocenters. The largest absolute Gasteiger partial charge is 0.334 e. The van der Waals surface area contributed by atoms with Crippen LogP contribution in [0.5, 0.6) is 0 Å². The second-order valence-corrected chi connectivity index (χ2v) is 7.21. The standard InChI is InChI=1S/C13H23O3P/c1-4-15-17(14,16-5-2)13-10(3)11-6-8-12(13)9-7-11/h6,8,10-13H,4-5,7,9H2,1-3H3/t10-,11+,12-,13+/m1/s1. The van der Waals surface area contributed by atoms with Gasteiger partial charge < -0.3 is 9.05 Å². The van der Waals surface area contributed by atoms with Gasteiger partial charge in [-0.1, -0.05) is 19.1 Å². The van der Waals surface area contributed by atoms with E-state index in [0.29, 0.717) is 31.0 Å². The van der Waals surface area contributed by atoms with E-state index in [0.717, 1.165) is 6.42 Å². The van der Waals surface area contributed by atoms with Crippen LogP contribution in [0.25, 0.3) is 0 Å². The highest BCUT2D eigenvalue weighted by Crippen LogP contribution is 2.63. The third kappa shape index (κ3) is 2.38. The molecule has 0 aromatic carbocycles. The Morgan fingerprint density at radius 2 is 1.65 bits per heavy atom. The second kappa shape index (κ2) is 5.26. The maximum absolute atomic E-state index is 12.9. The lowest BCUT2D eigenvalue weighted by Crippen LogP contribution is -2.40. The molecule has 0 heterocycles. The minimum Gasteiger partial charge on any atom is -0.309 e. The van der Waals surface area contributed by atoms with Crippen LogP contribution in [0.1, 0.15) is 33.6 Å². The Morgan fingerprint density at radius 1 is 1.12 bits per heavy atom. The third-order valence-electron chi connectivity index (χ3n) is 4.07. The van der Waals surface area contributed by atoms with Crippen LogP contribution >= 0.6 is 7.60 Å². The van der Waals surface area contributed by atoms with Crippen molar-refractivity contribution in [1.82, 2.24) is 0 Å². The molecule has 1 saturated carbocycles. The molecule has 2 bridgehead atoms. The Hall–Kier alpha value is -0.110. The van der Waals surface area contributed by atoms with Gasteiger partial charge in [-0.15, -0.1) is 0 Å². The molecule has 0 aromatic rings. The third-order valence-corrected chi connectivity index (χ3v) is 6.89. The monoisotopic (exact) mass is 258 g/mol. The van der Waals surface area contributed by atoms with Crippen molar-refractivity contribution >= 4 is 7.60 Å². The molecule has 0 amide bonds. The van der Waals surface area contributed by atoms with E-state index in [1.54, 1.807) is 0 Å². The Labute approximate surface area is 104 Å². The van der Waals surface area contributed by atoms with Crippen LogP contribution in [0.4, 0.5) is 0 Å². The highest BCUT2D eigenvalue weighted by Gasteiger charge is 2.49. The molecule has 0 aromatic heterocycles. The maximum Gasteiger partial charge on any atom is 0.334 e. The summed E-state index contributed by atoms with van der Waals surface area (Å²) < 4.78 is 24.0. The molecular formula is C13H23O3P. The number of hydrogen-bond donors (Lipinski definition) is 0. The van der Waals surface area contributed by atoms with Crippen molar-refractivity contribution in [1.29, 1.82) is 0 Å². The van der Waals surface area contributed by atoms with Gasteiger partial charge in [-0.3, -0.25) is 4.57 Å². The van der Waals surface area contributed by atoms with Gasteiger partial charge in [0.15, 0.2) is 0 Å². The summed E-state index contributed by atoms with van der Waals surface area (Å²) in [6.07, 6.45) is 6.86. The van der Waals surface area contributed by atoms with Crippen molar-refractivity contribution in [3.05, 3.63) is 12.2 Å². The van der Waals surface area contributed by atoms with E-state index in [2.05, 4.69) is 19.1 Å². The van der Waals surface area contributed by atoms with E-state index < -0.39 is 7.60 Å². The summed E-state index contributed by atoms with van der Waals surface area (Å²) in [4.78, 5) is 0. The molecule has 17 heavy (non-hydrogen) atoms. The van der Waals surface area contributed by atoms with Crippen LogP contribution in [-0.2, 0) is 13.6 Å². The van der Waals surface area contributed by atoms with Crippen LogP contribution in [0.15, 0.2) is 12.2 Å². The quantitative estimate of drug-likeness (QED) is 0.555. The zero-order valence-corrected chi connectivity index (χ0v) is 11.9. The molecule has 0 unspecified atom stereocenters. The first-order valence-corrected chi connectivity index (χ1v) is 8.30. The first-order valence-electron chi connectivity index (χ1n) is 6.69. The molecule has 0 aliphatic heterocycles. The molecule has 0 saturated heterocycles. The van der Waals surface area contributed by atoms with Crippen molar-refractivity contribution in [3.63, 3.8) is 0 Å². The van der Waals surface area contributed by atoms with Crippen molar-refractivity contribution in [3.8, 4) is 0 Å². The first-order chi connectivity index (χ1) is 8.12. The molecule has 3 aliphatic rings. The number of rotatable bonds is 5. The summed E-state index contributed by atoms with van der Waals surface area (Å²) >= 11 is 0. The molecule has 98 valence electrons. The maximum atomic E-state index is 12.9. The summed E-state index contributed by atoms with van der Waals surface area (Å²) in [6.45, 7) is 6.87. The first kappa shape index (κ1) is 13.3. The molecular weight excluding hydrogens is 235 g/mol. The summed E-state index contributed by atoms with van der Waals surface area (Å²) in [6, 6.07) is 0. The molecule has 4 heteroatoms. The fraction of sp³-hybridized carbons (Fsp3) is 0.846. The van der Waals surface area contributed by atoms with Crippen LogP contribution in [0.3, 0.4) is 0 Å². The van der Waals surface area contributed by atoms with Crippen LogP contribution in [0.2, 0.25) is 0 Å². The Kier molecular flexibility index (Phi) is 4.12. The van der Waals surface area contributed by atoms with Gasteiger partial charge in [0.2, 0.25) is 0 Å². The molecule has 3 aliphatic carbocycles. The summed E-state index contributed by atoms with van der Waals surface area (Å²) in [7, 11) is -2.94. The Balaban J connectivity index is 2.24. The molecule has 3 nitrogen and oxygen atoms in total. The number of allylic oxidation sites excluding steroid dienone is 2. The van der Waals surface area contributed by atoms with Gasteiger partial charge in [0, 0.05) is 0 Å². The highest BCUT2D eigenvalue weighted by atomic mass is 31.2. The van der Waals surface area contributed by atoms with Gasteiger partial charge in [0.1, 0.15) is 0 Å². The van der Waals surface area contributed by atoms with E-state index in [4.69, 9.17) is 9.05 Å². The fourth-order valence-corrected chi connectivity index (χ4v) is 5.97. The summed E-state index contributed by atoms with van der Waals surface area (Å²) in [5.41, 5.74) is 0.0612. The fourth-order valence-electron chi connectivity index (χ4n) is 3.32. The lowest BCUT2D eigenvalue weighted by atomic mass is 9.69. The predicted molar refractivity (Wildman–Crippen MR) is 69.2 cm³/mol. The smallest absolute Gasteiger partial charge is 0.309 e. The van der Waals surface area contributed by atoms with Gasteiger partial charge in [-0.2, -0.15) is 0 Å². The highest BCUT2D eigenvalue weighted by molar-refractivity contribution is 7.54. The number of fused-ring (bicyclic) bond motifs is 2. The second-order valence-electron chi connectivity index (χ2n) is 5.02. The normalized spacial score (nSPS) is 36.4. The zero-order valence-electron chi connectivity index (χ0n) is 11.0. The van der Waals surface area contributed by atoms with Gasteiger partial charge in [-0.05, 0) is 44.4 Å². The minimum absolute atomic E-state index is 0.0612. The number of hydrogen-bond acceptors (Lipinski definition) is 3. The van der Waals surface area contributed by atoms with Gasteiger partial charge in [0.05, 0.1) is 18.9 Å². The van der Waals surface area contributed by atoms with Crippen LogP contribution < -0.4 is 0 Å². The van der Waals surface area contributed by atoms with E-state index in [-0.39, 0.29) is 5.66 Å². The molecule has 0 N–H and O–H groups in total. The predicted octanol–water partition coefficient (Wildman–Crippen LogP) is 3.85. The van der Waals surface area contributed by atoms with Crippen molar-refractivity contribution in [2.24, 2.45) is 17.8 Å². The molecule has 0 radical (unpaired) electrons. The SMILES string of the molecule is CCOP(=O)(OCC)[C@H]1[C@H](C)[C@H]2C=C[C@@H]1CC2. The van der Waals surface area contributed by atoms with E-state index in [9.17, 15) is 4.57 Å². The Bertz CT molecular complexity index is 330. The molecule has 3 rings (SSSR count). The minimum atomic E-state index is -2.94. The van der Waals surface area contributed by atoms with Crippen molar-refractivity contribution in [2.45, 2.75) is 39.3 Å². The topological polar surface area (TPSA) is 35.5 Å². The van der Waals surface area contributed by atoms with Crippen LogP contribution in [-0.4, -0.2) is 18.9 Å². The van der Waals surface area contributed by atoms with Crippen LogP contribution in [0, 0.1) is 17.8 Å². The average molecular weight is 258 g/mol. The van der Waals surface area contributed by atoms with E-state index in [1.165, 1.54) is 6.42 Å². The molecule has 1 fully saturated rings. The van der Waals surface area contributed by atoms with E-state index in [1.807, 2.05) is 13.8 Å². The van der Waals surface area contributed by atoms with Gasteiger partial charge in [-0.25, -0.2) is 0 Å².